The lowest BCUT2D eigenvalue weighted by Crippen LogP contribution is -2.36. The molecule has 0 saturated carbocycles. The van der Waals surface area contributed by atoms with E-state index in [1.165, 1.54) is 30.3 Å². The summed E-state index contributed by atoms with van der Waals surface area (Å²) in [5, 5.41) is 11.0. The van der Waals surface area contributed by atoms with Crippen LogP contribution in [0.3, 0.4) is 0 Å². The number of hydrogen-bond donors (Lipinski definition) is 0. The molecule has 2 aromatic rings. The molecule has 2 aromatic carbocycles. The number of sulfonamides is 1. The molecule has 0 unspecified atom stereocenters. The maximum absolute atomic E-state index is 13.1. The summed E-state index contributed by atoms with van der Waals surface area (Å²) in [5.41, 5.74) is -0.178. The van der Waals surface area contributed by atoms with Gasteiger partial charge in [-0.05, 0) is 36.8 Å². The first-order valence-corrected chi connectivity index (χ1v) is 9.80. The largest absolute Gasteiger partial charge is 0.494 e. The minimum absolute atomic E-state index is 0.195. The van der Waals surface area contributed by atoms with Crippen molar-refractivity contribution in [2.45, 2.75) is 18.2 Å². The molecule has 0 spiro atoms. The third kappa shape index (κ3) is 4.97. The van der Waals surface area contributed by atoms with Gasteiger partial charge >= 0.3 is 5.97 Å². The van der Waals surface area contributed by atoms with E-state index in [-0.39, 0.29) is 16.3 Å². The van der Waals surface area contributed by atoms with Crippen LogP contribution in [-0.4, -0.2) is 39.6 Å². The Balaban J connectivity index is 2.45. The van der Waals surface area contributed by atoms with E-state index in [0.29, 0.717) is 12.4 Å². The van der Waals surface area contributed by atoms with Gasteiger partial charge in [-0.25, -0.2) is 8.42 Å². The molecule has 0 aromatic heterocycles. The number of carbonyl (C=O) groups is 1. The number of nitro groups is 1. The average Bonchev–Trinajstić information content (AvgIpc) is 2.70. The van der Waals surface area contributed by atoms with Crippen molar-refractivity contribution in [2.24, 2.45) is 0 Å². The van der Waals surface area contributed by atoms with Gasteiger partial charge in [-0.15, -0.1) is 0 Å². The van der Waals surface area contributed by atoms with Crippen molar-refractivity contribution in [1.82, 2.24) is 0 Å². The standard InChI is InChI=1S/C18H20N2O7S/c1-3-11-27-16-9-7-14(8-10-16)19(13-18(21)26-2)28(24,25)17-6-4-5-15(12-17)20(22)23/h4-10,12H,3,11,13H2,1-2H3. The first-order chi connectivity index (χ1) is 13.3. The van der Waals surface area contributed by atoms with Gasteiger partial charge in [-0.2, -0.15) is 0 Å². The molecule has 0 atom stereocenters. The van der Waals surface area contributed by atoms with Crippen LogP contribution in [-0.2, 0) is 19.6 Å². The van der Waals surface area contributed by atoms with Gasteiger partial charge in [0.15, 0.2) is 0 Å². The van der Waals surface area contributed by atoms with Crippen LogP contribution in [0.5, 0.6) is 5.75 Å². The quantitative estimate of drug-likeness (QED) is 0.356. The van der Waals surface area contributed by atoms with Crippen LogP contribution >= 0.6 is 0 Å². The molecule has 9 nitrogen and oxygen atoms in total. The van der Waals surface area contributed by atoms with Gasteiger partial charge in [0, 0.05) is 12.1 Å². The third-order valence-electron chi connectivity index (χ3n) is 3.71. The highest BCUT2D eigenvalue weighted by molar-refractivity contribution is 7.92. The van der Waals surface area contributed by atoms with E-state index < -0.39 is 27.5 Å². The number of benzene rings is 2. The van der Waals surface area contributed by atoms with Gasteiger partial charge in [0.05, 0.1) is 29.2 Å². The second kappa shape index (κ2) is 9.18. The highest BCUT2D eigenvalue weighted by atomic mass is 32.2. The average molecular weight is 408 g/mol. The Kier molecular flexibility index (Phi) is 6.94. The Morgan fingerprint density at radius 2 is 1.86 bits per heavy atom. The van der Waals surface area contributed by atoms with Crippen molar-refractivity contribution in [3.05, 3.63) is 58.6 Å². The Morgan fingerprint density at radius 3 is 2.43 bits per heavy atom. The van der Waals surface area contributed by atoms with Crippen molar-refractivity contribution in [1.29, 1.82) is 0 Å². The van der Waals surface area contributed by atoms with Crippen molar-refractivity contribution in [3.8, 4) is 5.75 Å². The van der Waals surface area contributed by atoms with Crippen LogP contribution in [0.1, 0.15) is 13.3 Å². The van der Waals surface area contributed by atoms with Gasteiger partial charge in [-0.1, -0.05) is 13.0 Å². The van der Waals surface area contributed by atoms with Crippen molar-refractivity contribution in [2.75, 3.05) is 24.6 Å². The number of nitrogens with zero attached hydrogens (tertiary/aromatic N) is 2. The van der Waals surface area contributed by atoms with Gasteiger partial charge in [0.2, 0.25) is 0 Å². The SMILES string of the molecule is CCCOc1ccc(N(CC(=O)OC)S(=O)(=O)c2cccc([N+](=O)[O-])c2)cc1. The number of esters is 1. The molecule has 0 N–H and O–H groups in total. The highest BCUT2D eigenvalue weighted by Gasteiger charge is 2.29. The molecular formula is C18H20N2O7S. The Hall–Kier alpha value is -3.14. The smallest absolute Gasteiger partial charge is 0.326 e. The predicted molar refractivity (Wildman–Crippen MR) is 102 cm³/mol. The molecular weight excluding hydrogens is 388 g/mol. The summed E-state index contributed by atoms with van der Waals surface area (Å²) in [6.45, 7) is 1.88. The van der Waals surface area contributed by atoms with Crippen molar-refractivity contribution in [3.63, 3.8) is 0 Å². The summed E-state index contributed by atoms with van der Waals surface area (Å²) in [7, 11) is -3.12. The highest BCUT2D eigenvalue weighted by Crippen LogP contribution is 2.27. The summed E-state index contributed by atoms with van der Waals surface area (Å²) in [4.78, 5) is 21.8. The van der Waals surface area contributed by atoms with Crippen molar-refractivity contribution >= 4 is 27.4 Å². The van der Waals surface area contributed by atoms with Gasteiger partial charge in [0.25, 0.3) is 15.7 Å². The molecule has 0 radical (unpaired) electrons. The first kappa shape index (κ1) is 21.2. The molecule has 0 bridgehead atoms. The fraction of sp³-hybridized carbons (Fsp3) is 0.278. The molecule has 0 fully saturated rings. The Labute approximate surface area is 162 Å². The minimum atomic E-state index is -4.26. The maximum atomic E-state index is 13.1. The maximum Gasteiger partial charge on any atom is 0.326 e. The number of anilines is 1. The topological polar surface area (TPSA) is 116 Å². The zero-order valence-electron chi connectivity index (χ0n) is 15.4. The van der Waals surface area contributed by atoms with Crippen LogP contribution in [0.25, 0.3) is 0 Å². The minimum Gasteiger partial charge on any atom is -0.494 e. The van der Waals surface area contributed by atoms with Crippen molar-refractivity contribution < 1.29 is 27.6 Å². The normalized spacial score (nSPS) is 10.9. The second-order valence-corrected chi connectivity index (χ2v) is 7.55. The molecule has 0 amide bonds. The number of nitro benzene ring substituents is 1. The molecule has 0 aliphatic carbocycles. The molecule has 0 saturated heterocycles. The van der Waals surface area contributed by atoms with Crippen LogP contribution < -0.4 is 9.04 Å². The summed E-state index contributed by atoms with van der Waals surface area (Å²) in [6, 6.07) is 10.8. The summed E-state index contributed by atoms with van der Waals surface area (Å²) in [6.07, 6.45) is 0.817. The van der Waals surface area contributed by atoms with Crippen LogP contribution in [0.2, 0.25) is 0 Å². The lowest BCUT2D eigenvalue weighted by atomic mass is 10.3. The van der Waals surface area contributed by atoms with Gasteiger partial charge in [0.1, 0.15) is 12.3 Å². The molecule has 150 valence electrons. The molecule has 28 heavy (non-hydrogen) atoms. The van der Waals surface area contributed by atoms with Crippen LogP contribution in [0.4, 0.5) is 11.4 Å². The number of non-ortho nitro benzene ring substituents is 1. The van der Waals surface area contributed by atoms with E-state index in [1.54, 1.807) is 12.1 Å². The summed E-state index contributed by atoms with van der Waals surface area (Å²) < 4.78 is 37.1. The first-order valence-electron chi connectivity index (χ1n) is 8.36. The third-order valence-corrected chi connectivity index (χ3v) is 5.48. The van der Waals surface area contributed by atoms with Crippen LogP contribution in [0, 0.1) is 10.1 Å². The van der Waals surface area contributed by atoms with Gasteiger partial charge in [-0.3, -0.25) is 19.2 Å². The van der Waals surface area contributed by atoms with Crippen LogP contribution in [0.15, 0.2) is 53.4 Å². The van der Waals surface area contributed by atoms with E-state index in [0.717, 1.165) is 23.9 Å². The summed E-state index contributed by atoms with van der Waals surface area (Å²) >= 11 is 0. The molecule has 0 aliphatic rings. The number of methoxy groups -OCH3 is 1. The number of rotatable bonds is 9. The fourth-order valence-corrected chi connectivity index (χ4v) is 3.76. The zero-order chi connectivity index (χ0) is 20.7. The predicted octanol–water partition coefficient (Wildman–Crippen LogP) is 2.75. The molecule has 10 heteroatoms. The van der Waals surface area contributed by atoms with E-state index in [2.05, 4.69) is 4.74 Å². The Morgan fingerprint density at radius 1 is 1.18 bits per heavy atom. The number of ether oxygens (including phenoxy) is 2. The zero-order valence-corrected chi connectivity index (χ0v) is 16.2. The number of carbonyl (C=O) groups excluding carboxylic acids is 1. The van der Waals surface area contributed by atoms with Gasteiger partial charge < -0.3 is 9.47 Å². The molecule has 2 rings (SSSR count). The monoisotopic (exact) mass is 408 g/mol. The number of hydrogen-bond acceptors (Lipinski definition) is 7. The molecule has 0 heterocycles. The second-order valence-electron chi connectivity index (χ2n) is 5.68. The Bertz CT molecular complexity index is 943. The lowest BCUT2D eigenvalue weighted by molar-refractivity contribution is -0.385. The fourth-order valence-electron chi connectivity index (χ4n) is 2.31. The summed E-state index contributed by atoms with van der Waals surface area (Å²) in [5.74, 6) is -0.225. The van der Waals surface area contributed by atoms with E-state index >= 15 is 0 Å². The lowest BCUT2D eigenvalue weighted by Gasteiger charge is -2.23. The van der Waals surface area contributed by atoms with E-state index in [9.17, 15) is 23.3 Å². The van der Waals surface area contributed by atoms with E-state index in [1.807, 2.05) is 6.92 Å². The molecule has 0 aliphatic heterocycles. The van der Waals surface area contributed by atoms with E-state index in [4.69, 9.17) is 4.74 Å².